The van der Waals surface area contributed by atoms with Crippen molar-refractivity contribution in [3.8, 4) is 0 Å². The number of aliphatic imine (C=N–C) groups is 1. The fraction of sp³-hybridized carbons (Fsp3) is 0.250. The zero-order valence-electron chi connectivity index (χ0n) is 8.23. The first kappa shape index (κ1) is 10.4. The van der Waals surface area contributed by atoms with Crippen molar-refractivity contribution in [2.75, 3.05) is 6.54 Å². The van der Waals surface area contributed by atoms with Crippen molar-refractivity contribution in [2.24, 2.45) is 4.99 Å². The molecule has 0 amide bonds. The summed E-state index contributed by atoms with van der Waals surface area (Å²) in [6.45, 7) is 2.50. The zero-order valence-corrected chi connectivity index (χ0v) is 8.23. The Bertz CT molecular complexity index is 348. The third-order valence-electron chi connectivity index (χ3n) is 2.05. The third-order valence-corrected chi connectivity index (χ3v) is 2.05. The smallest absolute Gasteiger partial charge is 0.211 e. The van der Waals surface area contributed by atoms with Gasteiger partial charge in [-0.3, -0.25) is 0 Å². The molecule has 1 aromatic rings. The van der Waals surface area contributed by atoms with E-state index >= 15 is 0 Å². The highest BCUT2D eigenvalue weighted by molar-refractivity contribution is 5.65. The number of rotatable bonds is 4. The van der Waals surface area contributed by atoms with Crippen LogP contribution in [0.2, 0.25) is 0 Å². The molecule has 0 saturated heterocycles. The normalized spacial score (nSPS) is 10.8. The van der Waals surface area contributed by atoms with E-state index in [9.17, 15) is 4.79 Å². The number of carbonyl (C=O) groups excluding carboxylic acids is 1. The first-order chi connectivity index (χ1) is 6.88. The molecule has 0 heterocycles. The highest BCUT2D eigenvalue weighted by Gasteiger charge is 1.98. The molecule has 1 aromatic carbocycles. The van der Waals surface area contributed by atoms with E-state index in [1.54, 1.807) is 6.08 Å². The van der Waals surface area contributed by atoms with Crippen molar-refractivity contribution < 1.29 is 4.79 Å². The molecule has 0 spiro atoms. The number of allylic oxidation sites excluding steroid dienone is 1. The Morgan fingerprint density at radius 1 is 1.43 bits per heavy atom. The Kier molecular flexibility index (Phi) is 4.39. The van der Waals surface area contributed by atoms with Gasteiger partial charge in [0.25, 0.3) is 0 Å². The van der Waals surface area contributed by atoms with Gasteiger partial charge < -0.3 is 0 Å². The van der Waals surface area contributed by atoms with Gasteiger partial charge in [0.1, 0.15) is 0 Å². The van der Waals surface area contributed by atoms with Crippen molar-refractivity contribution >= 4 is 11.7 Å². The van der Waals surface area contributed by atoms with Crippen molar-refractivity contribution in [3.63, 3.8) is 0 Å². The molecule has 0 unspecified atom stereocenters. The van der Waals surface area contributed by atoms with Gasteiger partial charge in [0.2, 0.25) is 6.08 Å². The molecule has 0 aromatic heterocycles. The Labute approximate surface area is 84.0 Å². The van der Waals surface area contributed by atoms with Crippen LogP contribution in [0.5, 0.6) is 0 Å². The lowest BCUT2D eigenvalue weighted by atomic mass is 10.0. The molecule has 0 aliphatic carbocycles. The van der Waals surface area contributed by atoms with Crippen LogP contribution in [0.25, 0.3) is 5.57 Å². The first-order valence-corrected chi connectivity index (χ1v) is 4.62. The van der Waals surface area contributed by atoms with Crippen molar-refractivity contribution in [1.29, 1.82) is 0 Å². The second-order valence-electron chi connectivity index (χ2n) is 2.90. The summed E-state index contributed by atoms with van der Waals surface area (Å²) in [6.07, 6.45) is 4.39. The van der Waals surface area contributed by atoms with Gasteiger partial charge >= 0.3 is 0 Å². The minimum Gasteiger partial charge on any atom is -0.211 e. The van der Waals surface area contributed by atoms with Crippen LogP contribution in [0.1, 0.15) is 18.9 Å². The van der Waals surface area contributed by atoms with Gasteiger partial charge in [-0.05, 0) is 24.5 Å². The summed E-state index contributed by atoms with van der Waals surface area (Å²) >= 11 is 0. The van der Waals surface area contributed by atoms with Crippen LogP contribution in [-0.2, 0) is 4.79 Å². The lowest BCUT2D eigenvalue weighted by molar-refractivity contribution is 0.563. The molecule has 0 N–H and O–H groups in total. The molecule has 0 aliphatic rings. The summed E-state index contributed by atoms with van der Waals surface area (Å²) in [4.78, 5) is 13.4. The van der Waals surface area contributed by atoms with E-state index in [1.807, 2.05) is 25.1 Å². The molecular formula is C12H13NO. The summed E-state index contributed by atoms with van der Waals surface area (Å²) in [5.74, 6) is 0. The first-order valence-electron chi connectivity index (χ1n) is 4.62. The molecule has 72 valence electrons. The minimum atomic E-state index is 0.512. The second-order valence-corrected chi connectivity index (χ2v) is 2.90. The van der Waals surface area contributed by atoms with Gasteiger partial charge in [-0.2, -0.15) is 0 Å². The van der Waals surface area contributed by atoms with Crippen molar-refractivity contribution in [1.82, 2.24) is 0 Å². The quantitative estimate of drug-likeness (QED) is 0.526. The van der Waals surface area contributed by atoms with Gasteiger partial charge in [-0.15, -0.1) is 0 Å². The number of hydrogen-bond acceptors (Lipinski definition) is 2. The largest absolute Gasteiger partial charge is 0.234 e. The van der Waals surface area contributed by atoms with Crippen LogP contribution >= 0.6 is 0 Å². The standard InChI is InChI=1S/C12H13NO/c1-2-11(8-9-13-10-14)12-6-4-3-5-7-12/h2-7H,8-9H2,1H3. The van der Waals surface area contributed by atoms with Crippen LogP contribution in [0.3, 0.4) is 0 Å². The van der Waals surface area contributed by atoms with Crippen LogP contribution in [0.4, 0.5) is 0 Å². The van der Waals surface area contributed by atoms with E-state index in [-0.39, 0.29) is 0 Å². The Hall–Kier alpha value is -1.66. The lowest BCUT2D eigenvalue weighted by Crippen LogP contribution is -1.87. The van der Waals surface area contributed by atoms with Gasteiger partial charge in [-0.25, -0.2) is 9.79 Å². The Morgan fingerprint density at radius 2 is 2.14 bits per heavy atom. The number of hydrogen-bond donors (Lipinski definition) is 0. The van der Waals surface area contributed by atoms with Crippen LogP contribution in [-0.4, -0.2) is 12.6 Å². The van der Waals surface area contributed by atoms with Crippen molar-refractivity contribution in [3.05, 3.63) is 42.0 Å². The van der Waals surface area contributed by atoms with Gasteiger partial charge in [-0.1, -0.05) is 36.4 Å². The van der Waals surface area contributed by atoms with Crippen LogP contribution in [0.15, 0.2) is 41.4 Å². The number of benzene rings is 1. The second kappa shape index (κ2) is 5.90. The molecule has 0 aliphatic heterocycles. The molecule has 0 fully saturated rings. The summed E-state index contributed by atoms with van der Waals surface area (Å²) in [7, 11) is 0. The molecule has 14 heavy (non-hydrogen) atoms. The zero-order chi connectivity index (χ0) is 10.2. The van der Waals surface area contributed by atoms with E-state index in [4.69, 9.17) is 0 Å². The highest BCUT2D eigenvalue weighted by atomic mass is 16.1. The minimum absolute atomic E-state index is 0.512. The van der Waals surface area contributed by atoms with E-state index in [0.717, 1.165) is 6.42 Å². The molecule has 1 rings (SSSR count). The maximum absolute atomic E-state index is 9.90. The summed E-state index contributed by atoms with van der Waals surface area (Å²) in [5, 5.41) is 0. The molecule has 0 bridgehead atoms. The van der Waals surface area contributed by atoms with Gasteiger partial charge in [0.05, 0.1) is 6.54 Å². The predicted octanol–water partition coefficient (Wildman–Crippen LogP) is 2.82. The average molecular weight is 187 g/mol. The number of isocyanates is 1. The van der Waals surface area contributed by atoms with Crippen LogP contribution in [0, 0.1) is 0 Å². The molecule has 2 heteroatoms. The highest BCUT2D eigenvalue weighted by Crippen LogP contribution is 2.17. The Balaban J connectivity index is 2.69. The fourth-order valence-electron chi connectivity index (χ4n) is 1.33. The molecule has 0 radical (unpaired) electrons. The number of nitrogens with zero attached hydrogens (tertiary/aromatic N) is 1. The van der Waals surface area contributed by atoms with E-state index in [2.05, 4.69) is 23.2 Å². The molecule has 0 atom stereocenters. The van der Waals surface area contributed by atoms with Crippen LogP contribution < -0.4 is 0 Å². The van der Waals surface area contributed by atoms with Gasteiger partial charge in [0, 0.05) is 0 Å². The monoisotopic (exact) mass is 187 g/mol. The van der Waals surface area contributed by atoms with Crippen molar-refractivity contribution in [2.45, 2.75) is 13.3 Å². The topological polar surface area (TPSA) is 29.4 Å². The maximum atomic E-state index is 9.90. The Morgan fingerprint density at radius 3 is 2.71 bits per heavy atom. The lowest BCUT2D eigenvalue weighted by Gasteiger charge is -2.04. The SMILES string of the molecule is CC=C(CCN=C=O)c1ccccc1. The van der Waals surface area contributed by atoms with E-state index in [0.29, 0.717) is 6.54 Å². The summed E-state index contributed by atoms with van der Waals surface area (Å²) in [5.41, 5.74) is 2.40. The van der Waals surface area contributed by atoms with Gasteiger partial charge in [0.15, 0.2) is 0 Å². The van der Waals surface area contributed by atoms with E-state index in [1.165, 1.54) is 11.1 Å². The average Bonchev–Trinajstić information content (AvgIpc) is 2.26. The fourth-order valence-corrected chi connectivity index (χ4v) is 1.33. The predicted molar refractivity (Wildman–Crippen MR) is 57.7 cm³/mol. The molecule has 0 saturated carbocycles. The maximum Gasteiger partial charge on any atom is 0.234 e. The third kappa shape index (κ3) is 3.00. The summed E-state index contributed by atoms with van der Waals surface area (Å²) in [6, 6.07) is 10.1. The van der Waals surface area contributed by atoms with E-state index < -0.39 is 0 Å². The molecule has 2 nitrogen and oxygen atoms in total. The molecular weight excluding hydrogens is 174 g/mol. The summed E-state index contributed by atoms with van der Waals surface area (Å²) < 4.78 is 0.